The van der Waals surface area contributed by atoms with Crippen molar-refractivity contribution in [3.05, 3.63) is 36.7 Å². The van der Waals surface area contributed by atoms with E-state index in [1.165, 1.54) is 36.7 Å². The van der Waals surface area contributed by atoms with Gasteiger partial charge in [0.1, 0.15) is 18.0 Å². The van der Waals surface area contributed by atoms with Crippen LogP contribution in [0.15, 0.2) is 36.7 Å². The van der Waals surface area contributed by atoms with E-state index in [1.54, 1.807) is 5.32 Å². The number of rotatable bonds is 3. The second-order valence-corrected chi connectivity index (χ2v) is 6.65. The molecule has 1 aromatic carbocycles. The van der Waals surface area contributed by atoms with Crippen molar-refractivity contribution in [2.24, 2.45) is 0 Å². The number of fused-ring (bicyclic) bond motifs is 1. The number of carbonyl (C=O) groups is 1. The standard InChI is InChI=1S/C18H18F3N5O3/c19-17(20,21)18(28-12-6-2-3-7-13(12)29-18)25-16(27)24-14-10-15(23-11-22-14)26-8-4-1-5-9-26/h2-3,6-7,10-11H,1,4-5,8-9H2,(H2,22,23,24,25,27). The first-order chi connectivity index (χ1) is 13.9. The zero-order chi connectivity index (χ0) is 20.5. The van der Waals surface area contributed by atoms with Crippen LogP contribution in [0, 0.1) is 0 Å². The molecule has 1 aromatic heterocycles. The zero-order valence-electron chi connectivity index (χ0n) is 15.2. The highest BCUT2D eigenvalue weighted by atomic mass is 19.4. The number of alkyl halides is 3. The van der Waals surface area contributed by atoms with Gasteiger partial charge in [0.05, 0.1) is 0 Å². The number of urea groups is 1. The fourth-order valence-corrected chi connectivity index (χ4v) is 3.20. The summed E-state index contributed by atoms with van der Waals surface area (Å²) in [6.07, 6.45) is -0.602. The van der Waals surface area contributed by atoms with Gasteiger partial charge in [-0.25, -0.2) is 14.8 Å². The molecule has 2 amide bonds. The van der Waals surface area contributed by atoms with Crippen molar-refractivity contribution in [1.29, 1.82) is 0 Å². The second kappa shape index (κ2) is 7.30. The number of hydrogen-bond donors (Lipinski definition) is 2. The van der Waals surface area contributed by atoms with Gasteiger partial charge in [0.25, 0.3) is 0 Å². The maximum Gasteiger partial charge on any atom is 0.492 e. The van der Waals surface area contributed by atoms with Crippen LogP contribution < -0.4 is 25.0 Å². The second-order valence-electron chi connectivity index (χ2n) is 6.65. The van der Waals surface area contributed by atoms with Gasteiger partial charge in [-0.15, -0.1) is 0 Å². The SMILES string of the molecule is O=C(Nc1cc(N2CCCCC2)ncn1)NC1(C(F)(F)F)Oc2ccccc2O1. The molecule has 11 heteroatoms. The molecule has 0 spiro atoms. The van der Waals surface area contributed by atoms with Crippen molar-refractivity contribution in [1.82, 2.24) is 15.3 Å². The average Bonchev–Trinajstić information content (AvgIpc) is 3.08. The first kappa shape index (κ1) is 19.1. The van der Waals surface area contributed by atoms with Crippen LogP contribution in [-0.2, 0) is 0 Å². The average molecular weight is 409 g/mol. The fourth-order valence-electron chi connectivity index (χ4n) is 3.20. The molecule has 0 radical (unpaired) electrons. The number of carbonyl (C=O) groups excluding carboxylic acids is 1. The number of aromatic nitrogens is 2. The number of para-hydroxylation sites is 2. The molecule has 2 aliphatic heterocycles. The van der Waals surface area contributed by atoms with E-state index in [0.29, 0.717) is 5.82 Å². The maximum atomic E-state index is 13.7. The van der Waals surface area contributed by atoms with Crippen molar-refractivity contribution in [2.45, 2.75) is 31.3 Å². The molecule has 2 aliphatic rings. The number of nitrogens with zero attached hydrogens (tertiary/aromatic N) is 3. The highest BCUT2D eigenvalue weighted by Crippen LogP contribution is 2.44. The Labute approximate surface area is 164 Å². The van der Waals surface area contributed by atoms with E-state index < -0.39 is 18.1 Å². The molecule has 0 bridgehead atoms. The van der Waals surface area contributed by atoms with Crippen molar-refractivity contribution >= 4 is 17.7 Å². The summed E-state index contributed by atoms with van der Waals surface area (Å²) in [6, 6.07) is 5.96. The smallest absolute Gasteiger partial charge is 0.424 e. The van der Waals surface area contributed by atoms with E-state index in [-0.39, 0.29) is 17.3 Å². The summed E-state index contributed by atoms with van der Waals surface area (Å²) in [5, 5.41) is 4.02. The van der Waals surface area contributed by atoms with E-state index in [1.807, 2.05) is 4.90 Å². The predicted octanol–water partition coefficient (Wildman–Crippen LogP) is 3.28. The van der Waals surface area contributed by atoms with Gasteiger partial charge in [-0.2, -0.15) is 13.2 Å². The largest absolute Gasteiger partial charge is 0.492 e. The molecule has 0 aliphatic carbocycles. The number of amides is 2. The highest BCUT2D eigenvalue weighted by Gasteiger charge is 2.65. The Hall–Kier alpha value is -3.24. The minimum absolute atomic E-state index is 0.0610. The zero-order valence-corrected chi connectivity index (χ0v) is 15.2. The molecule has 2 aromatic rings. The van der Waals surface area contributed by atoms with Crippen molar-refractivity contribution in [3.8, 4) is 11.5 Å². The molecular formula is C18H18F3N5O3. The molecule has 1 saturated heterocycles. The van der Waals surface area contributed by atoms with E-state index in [9.17, 15) is 18.0 Å². The number of nitrogens with one attached hydrogen (secondary N) is 2. The number of ether oxygens (including phenoxy) is 2. The van der Waals surface area contributed by atoms with Crippen molar-refractivity contribution < 1.29 is 27.4 Å². The molecule has 8 nitrogen and oxygen atoms in total. The van der Waals surface area contributed by atoms with E-state index >= 15 is 0 Å². The third-order valence-electron chi connectivity index (χ3n) is 4.58. The Morgan fingerprint density at radius 3 is 2.34 bits per heavy atom. The van der Waals surface area contributed by atoms with Crippen LogP contribution in [0.3, 0.4) is 0 Å². The van der Waals surface area contributed by atoms with E-state index in [0.717, 1.165) is 32.4 Å². The third-order valence-corrected chi connectivity index (χ3v) is 4.58. The quantitative estimate of drug-likeness (QED) is 0.809. The Morgan fingerprint density at radius 2 is 1.72 bits per heavy atom. The van der Waals surface area contributed by atoms with Crippen LogP contribution >= 0.6 is 0 Å². The first-order valence-electron chi connectivity index (χ1n) is 9.06. The summed E-state index contributed by atoms with van der Waals surface area (Å²) in [5.41, 5.74) is 0. The first-order valence-corrected chi connectivity index (χ1v) is 9.06. The Bertz CT molecular complexity index is 877. The lowest BCUT2D eigenvalue weighted by Crippen LogP contribution is -2.65. The summed E-state index contributed by atoms with van der Waals surface area (Å²) in [4.78, 5) is 22.4. The van der Waals surface area contributed by atoms with Gasteiger partial charge in [-0.3, -0.25) is 10.6 Å². The number of anilines is 2. The molecular weight excluding hydrogens is 391 g/mol. The van der Waals surface area contributed by atoms with Crippen LogP contribution in [0.25, 0.3) is 0 Å². The van der Waals surface area contributed by atoms with Gasteiger partial charge < -0.3 is 14.4 Å². The lowest BCUT2D eigenvalue weighted by molar-refractivity contribution is -0.317. The summed E-state index contributed by atoms with van der Waals surface area (Å²) < 4.78 is 50.8. The Morgan fingerprint density at radius 1 is 1.07 bits per heavy atom. The molecule has 1 fully saturated rings. The lowest BCUT2D eigenvalue weighted by Gasteiger charge is -2.29. The number of piperidine rings is 1. The maximum absolute atomic E-state index is 13.7. The number of benzene rings is 1. The minimum Gasteiger partial charge on any atom is -0.424 e. The van der Waals surface area contributed by atoms with E-state index in [2.05, 4.69) is 15.3 Å². The van der Waals surface area contributed by atoms with Crippen LogP contribution in [0.1, 0.15) is 19.3 Å². The fraction of sp³-hybridized carbons (Fsp3) is 0.389. The third kappa shape index (κ3) is 3.84. The molecule has 0 atom stereocenters. The Balaban J connectivity index is 1.48. The molecule has 2 N–H and O–H groups in total. The highest BCUT2D eigenvalue weighted by molar-refractivity contribution is 5.89. The van der Waals surface area contributed by atoms with Crippen molar-refractivity contribution in [2.75, 3.05) is 23.3 Å². The molecule has 4 rings (SSSR count). The van der Waals surface area contributed by atoms with Gasteiger partial charge >= 0.3 is 18.1 Å². The summed E-state index contributed by atoms with van der Waals surface area (Å²) >= 11 is 0. The van der Waals surface area contributed by atoms with Crippen LogP contribution in [0.2, 0.25) is 0 Å². The van der Waals surface area contributed by atoms with Crippen LogP contribution in [0.5, 0.6) is 11.5 Å². The number of halogens is 3. The predicted molar refractivity (Wildman–Crippen MR) is 96.7 cm³/mol. The molecule has 29 heavy (non-hydrogen) atoms. The summed E-state index contributed by atoms with van der Waals surface area (Å²) in [6.45, 7) is 1.64. The topological polar surface area (TPSA) is 88.6 Å². The van der Waals surface area contributed by atoms with Crippen LogP contribution in [0.4, 0.5) is 29.6 Å². The monoisotopic (exact) mass is 409 g/mol. The molecule has 3 heterocycles. The summed E-state index contributed by atoms with van der Waals surface area (Å²) in [5.74, 6) is -2.92. The van der Waals surface area contributed by atoms with Gasteiger partial charge in [0, 0.05) is 19.2 Å². The molecule has 0 saturated carbocycles. The van der Waals surface area contributed by atoms with Crippen molar-refractivity contribution in [3.63, 3.8) is 0 Å². The Kier molecular flexibility index (Phi) is 4.81. The van der Waals surface area contributed by atoms with Gasteiger partial charge in [-0.1, -0.05) is 12.1 Å². The summed E-state index contributed by atoms with van der Waals surface area (Å²) in [7, 11) is 0. The molecule has 0 unspecified atom stereocenters. The molecule has 154 valence electrons. The van der Waals surface area contributed by atoms with Gasteiger partial charge in [0.2, 0.25) is 0 Å². The van der Waals surface area contributed by atoms with E-state index in [4.69, 9.17) is 9.47 Å². The van der Waals surface area contributed by atoms with Crippen LogP contribution in [-0.4, -0.2) is 41.2 Å². The van der Waals surface area contributed by atoms with Gasteiger partial charge in [0.15, 0.2) is 11.5 Å². The normalized spacial score (nSPS) is 17.7. The number of hydrogen-bond acceptors (Lipinski definition) is 6. The lowest BCUT2D eigenvalue weighted by atomic mass is 10.1. The minimum atomic E-state index is -5.03. The van der Waals surface area contributed by atoms with Gasteiger partial charge in [-0.05, 0) is 31.4 Å².